The summed E-state index contributed by atoms with van der Waals surface area (Å²) in [5, 5.41) is 8.41. The molecule has 0 radical (unpaired) electrons. The lowest BCUT2D eigenvalue weighted by Gasteiger charge is -2.12. The molecular weight excluding hydrogens is 176 g/mol. The number of rotatable bonds is 3. The largest absolute Gasteiger partial charge is 0.478 e. The molecule has 0 saturated carbocycles. The summed E-state index contributed by atoms with van der Waals surface area (Å²) in [6.07, 6.45) is 0. The highest BCUT2D eigenvalue weighted by Crippen LogP contribution is 2.24. The highest BCUT2D eigenvalue weighted by molar-refractivity contribution is 5.38. The number of benzene rings is 1. The summed E-state index contributed by atoms with van der Waals surface area (Å²) in [6, 6.07) is 7.63. The SMILES string of the molecule is Cc1ccc(OCC#N)c([C@@H](C)N)c1. The van der Waals surface area contributed by atoms with Gasteiger partial charge in [-0.1, -0.05) is 17.7 Å². The van der Waals surface area contributed by atoms with Crippen molar-refractivity contribution in [2.75, 3.05) is 6.61 Å². The fourth-order valence-electron chi connectivity index (χ4n) is 1.27. The first-order valence-corrected chi connectivity index (χ1v) is 4.51. The lowest BCUT2D eigenvalue weighted by Crippen LogP contribution is -2.08. The Labute approximate surface area is 84.1 Å². The first kappa shape index (κ1) is 10.6. The monoisotopic (exact) mass is 190 g/mol. The minimum Gasteiger partial charge on any atom is -0.478 e. The van der Waals surface area contributed by atoms with Gasteiger partial charge >= 0.3 is 0 Å². The molecule has 14 heavy (non-hydrogen) atoms. The minimum atomic E-state index is -0.0800. The van der Waals surface area contributed by atoms with Crippen molar-refractivity contribution >= 4 is 0 Å². The second-order valence-corrected chi connectivity index (χ2v) is 3.28. The van der Waals surface area contributed by atoms with Crippen molar-refractivity contribution in [1.82, 2.24) is 0 Å². The Morgan fingerprint density at radius 2 is 2.29 bits per heavy atom. The minimum absolute atomic E-state index is 0.0583. The molecule has 3 heteroatoms. The first-order valence-electron chi connectivity index (χ1n) is 4.51. The van der Waals surface area contributed by atoms with E-state index >= 15 is 0 Å². The van der Waals surface area contributed by atoms with Crippen molar-refractivity contribution in [2.45, 2.75) is 19.9 Å². The van der Waals surface area contributed by atoms with Crippen molar-refractivity contribution in [2.24, 2.45) is 5.73 Å². The zero-order valence-electron chi connectivity index (χ0n) is 8.45. The van der Waals surface area contributed by atoms with Crippen LogP contribution in [0.2, 0.25) is 0 Å². The van der Waals surface area contributed by atoms with Gasteiger partial charge in [0.1, 0.15) is 11.8 Å². The fraction of sp³-hybridized carbons (Fsp3) is 0.364. The quantitative estimate of drug-likeness (QED) is 0.792. The second-order valence-electron chi connectivity index (χ2n) is 3.28. The van der Waals surface area contributed by atoms with E-state index in [1.165, 1.54) is 0 Å². The molecule has 0 aliphatic carbocycles. The number of nitriles is 1. The van der Waals surface area contributed by atoms with Crippen molar-refractivity contribution in [1.29, 1.82) is 5.26 Å². The van der Waals surface area contributed by atoms with Crippen LogP contribution in [-0.2, 0) is 0 Å². The van der Waals surface area contributed by atoms with Crippen LogP contribution in [0.5, 0.6) is 5.75 Å². The van der Waals surface area contributed by atoms with Gasteiger partial charge in [-0.15, -0.1) is 0 Å². The molecule has 3 nitrogen and oxygen atoms in total. The molecule has 0 saturated heterocycles. The summed E-state index contributed by atoms with van der Waals surface area (Å²) in [5.74, 6) is 0.701. The highest BCUT2D eigenvalue weighted by atomic mass is 16.5. The van der Waals surface area contributed by atoms with Crippen LogP contribution in [0.4, 0.5) is 0 Å². The van der Waals surface area contributed by atoms with Crippen molar-refractivity contribution in [3.05, 3.63) is 29.3 Å². The number of ether oxygens (including phenoxy) is 1. The van der Waals surface area contributed by atoms with Gasteiger partial charge in [0.2, 0.25) is 0 Å². The van der Waals surface area contributed by atoms with Crippen LogP contribution >= 0.6 is 0 Å². The maximum Gasteiger partial charge on any atom is 0.174 e. The van der Waals surface area contributed by atoms with Gasteiger partial charge < -0.3 is 10.5 Å². The van der Waals surface area contributed by atoms with E-state index in [0.29, 0.717) is 5.75 Å². The summed E-state index contributed by atoms with van der Waals surface area (Å²) in [7, 11) is 0. The Morgan fingerprint density at radius 1 is 1.57 bits per heavy atom. The van der Waals surface area contributed by atoms with Gasteiger partial charge in [0.25, 0.3) is 0 Å². The Hall–Kier alpha value is -1.53. The maximum atomic E-state index is 8.41. The molecule has 1 rings (SSSR count). The molecule has 0 heterocycles. The van der Waals surface area contributed by atoms with E-state index in [1.54, 1.807) is 0 Å². The molecule has 1 aromatic carbocycles. The fourth-order valence-corrected chi connectivity index (χ4v) is 1.27. The summed E-state index contributed by atoms with van der Waals surface area (Å²) in [4.78, 5) is 0. The van der Waals surface area contributed by atoms with Crippen molar-refractivity contribution < 1.29 is 4.74 Å². The molecule has 1 atom stereocenters. The van der Waals surface area contributed by atoms with Gasteiger partial charge in [0.15, 0.2) is 6.61 Å². The van der Waals surface area contributed by atoms with Crippen LogP contribution in [0.3, 0.4) is 0 Å². The predicted molar refractivity (Wildman–Crippen MR) is 54.9 cm³/mol. The maximum absolute atomic E-state index is 8.41. The third kappa shape index (κ3) is 2.48. The number of hydrogen-bond acceptors (Lipinski definition) is 3. The number of hydrogen-bond donors (Lipinski definition) is 1. The van der Waals surface area contributed by atoms with E-state index in [2.05, 4.69) is 0 Å². The average molecular weight is 190 g/mol. The van der Waals surface area contributed by atoms with E-state index in [4.69, 9.17) is 15.7 Å². The average Bonchev–Trinajstić information content (AvgIpc) is 2.15. The standard InChI is InChI=1S/C11H14N2O/c1-8-3-4-11(14-6-5-12)10(7-8)9(2)13/h3-4,7,9H,6,13H2,1-2H3/t9-/m1/s1. The van der Waals surface area contributed by atoms with E-state index in [-0.39, 0.29) is 12.6 Å². The van der Waals surface area contributed by atoms with Crippen LogP contribution < -0.4 is 10.5 Å². The molecule has 74 valence electrons. The predicted octanol–water partition coefficient (Wildman–Crippen LogP) is 1.92. The number of nitrogens with two attached hydrogens (primary N) is 1. The Bertz CT molecular complexity index is 353. The van der Waals surface area contributed by atoms with Gasteiger partial charge in [-0.25, -0.2) is 0 Å². The molecule has 0 fully saturated rings. The van der Waals surface area contributed by atoms with Crippen LogP contribution in [0.25, 0.3) is 0 Å². The van der Waals surface area contributed by atoms with E-state index < -0.39 is 0 Å². The van der Waals surface area contributed by atoms with Crippen LogP contribution in [0, 0.1) is 18.3 Å². The molecule has 0 aliphatic rings. The summed E-state index contributed by atoms with van der Waals surface area (Å²) in [5.41, 5.74) is 7.88. The van der Waals surface area contributed by atoms with Gasteiger partial charge in [-0.2, -0.15) is 5.26 Å². The highest BCUT2D eigenvalue weighted by Gasteiger charge is 2.07. The van der Waals surface area contributed by atoms with Crippen LogP contribution in [0.1, 0.15) is 24.1 Å². The topological polar surface area (TPSA) is 59.0 Å². The van der Waals surface area contributed by atoms with Gasteiger partial charge in [-0.05, 0) is 19.9 Å². The molecular formula is C11H14N2O. The molecule has 0 amide bonds. The Balaban J connectivity index is 2.97. The zero-order valence-corrected chi connectivity index (χ0v) is 8.45. The summed E-state index contributed by atoms with van der Waals surface area (Å²) < 4.78 is 5.26. The summed E-state index contributed by atoms with van der Waals surface area (Å²) in [6.45, 7) is 3.96. The Morgan fingerprint density at radius 3 is 2.86 bits per heavy atom. The van der Waals surface area contributed by atoms with E-state index in [9.17, 15) is 0 Å². The molecule has 0 unspecified atom stereocenters. The van der Waals surface area contributed by atoms with Crippen molar-refractivity contribution in [3.63, 3.8) is 0 Å². The van der Waals surface area contributed by atoms with Gasteiger partial charge in [0, 0.05) is 11.6 Å². The molecule has 0 bridgehead atoms. The van der Waals surface area contributed by atoms with Crippen LogP contribution in [-0.4, -0.2) is 6.61 Å². The van der Waals surface area contributed by atoms with E-state index in [0.717, 1.165) is 11.1 Å². The smallest absolute Gasteiger partial charge is 0.174 e. The third-order valence-corrected chi connectivity index (χ3v) is 1.95. The Kier molecular flexibility index (Phi) is 3.49. The van der Waals surface area contributed by atoms with Crippen LogP contribution in [0.15, 0.2) is 18.2 Å². The lowest BCUT2D eigenvalue weighted by atomic mass is 10.1. The normalized spacial score (nSPS) is 11.9. The second kappa shape index (κ2) is 4.64. The zero-order chi connectivity index (χ0) is 10.6. The first-order chi connectivity index (χ1) is 6.65. The van der Waals surface area contributed by atoms with Gasteiger partial charge in [-0.3, -0.25) is 0 Å². The molecule has 2 N–H and O–H groups in total. The van der Waals surface area contributed by atoms with Gasteiger partial charge in [0.05, 0.1) is 0 Å². The molecule has 0 aromatic heterocycles. The van der Waals surface area contributed by atoms with E-state index in [1.807, 2.05) is 38.1 Å². The molecule has 1 aromatic rings. The summed E-state index contributed by atoms with van der Waals surface area (Å²) >= 11 is 0. The van der Waals surface area contributed by atoms with Crippen molar-refractivity contribution in [3.8, 4) is 11.8 Å². The number of aryl methyl sites for hydroxylation is 1. The third-order valence-electron chi connectivity index (χ3n) is 1.95. The molecule has 0 spiro atoms. The number of nitrogens with zero attached hydrogens (tertiary/aromatic N) is 1. The molecule has 0 aliphatic heterocycles. The lowest BCUT2D eigenvalue weighted by molar-refractivity contribution is 0.362.